The number of nitrogens with zero attached hydrogens (tertiary/aromatic N) is 5. The normalized spacial score (nSPS) is 13.6. The Morgan fingerprint density at radius 1 is 1.14 bits per heavy atom. The molecule has 4 rings (SSSR count). The molecule has 0 aliphatic carbocycles. The lowest BCUT2D eigenvalue weighted by Gasteiger charge is -2.27. The smallest absolute Gasteiger partial charge is 0.375 e. The molecule has 0 atom stereocenters. The highest BCUT2D eigenvalue weighted by atomic mass is 127. The summed E-state index contributed by atoms with van der Waals surface area (Å²) in [5, 5.41) is 10.5. The topological polar surface area (TPSA) is 109 Å². The number of ether oxygens (including phenoxy) is 1. The second-order valence-electron chi connectivity index (χ2n) is 6.06. The Hall–Kier alpha value is -2.50. The third-order valence-corrected chi connectivity index (χ3v) is 4.32. The van der Waals surface area contributed by atoms with E-state index in [9.17, 15) is 4.79 Å². The number of methoxy groups -OCH3 is 1. The molecule has 1 fully saturated rings. The van der Waals surface area contributed by atoms with Crippen molar-refractivity contribution in [2.75, 3.05) is 35.3 Å². The highest BCUT2D eigenvalue weighted by molar-refractivity contribution is 14.1. The number of rotatable bonds is 4. The molecule has 2 N–H and O–H groups in total. The van der Waals surface area contributed by atoms with Crippen LogP contribution >= 0.6 is 22.6 Å². The van der Waals surface area contributed by atoms with Crippen molar-refractivity contribution >= 4 is 57.2 Å². The monoisotopic (exact) mass is 495 g/mol. The molecule has 0 unspecified atom stereocenters. The van der Waals surface area contributed by atoms with Crippen molar-refractivity contribution < 1.29 is 9.53 Å². The molecule has 0 amide bonds. The molecule has 0 saturated carbocycles. The number of aromatic amines is 1. The van der Waals surface area contributed by atoms with Crippen molar-refractivity contribution in [3.05, 3.63) is 30.1 Å². The minimum absolute atomic E-state index is 0.0321. The second-order valence-corrected chi connectivity index (χ2v) is 6.06. The van der Waals surface area contributed by atoms with E-state index < -0.39 is 5.97 Å². The molecule has 2 aromatic heterocycles. The minimum atomic E-state index is -0.577. The number of fused-ring (bicyclic) bond motifs is 1. The zero-order valence-electron chi connectivity index (χ0n) is 15.8. The van der Waals surface area contributed by atoms with Crippen molar-refractivity contribution in [2.45, 2.75) is 19.3 Å². The van der Waals surface area contributed by atoms with Gasteiger partial charge >= 0.3 is 5.97 Å². The van der Waals surface area contributed by atoms with Gasteiger partial charge in [0.25, 0.3) is 0 Å². The molecule has 0 radical (unpaired) electrons. The van der Waals surface area contributed by atoms with Crippen LogP contribution in [0, 0.1) is 0 Å². The number of esters is 1. The summed E-state index contributed by atoms with van der Waals surface area (Å²) >= 11 is 2.15. The number of alkyl halides is 1. The highest BCUT2D eigenvalue weighted by Gasteiger charge is 2.18. The van der Waals surface area contributed by atoms with Crippen LogP contribution in [-0.2, 0) is 4.74 Å². The number of H-pyrrole nitrogens is 1. The van der Waals surface area contributed by atoms with Crippen molar-refractivity contribution in [1.29, 1.82) is 0 Å². The first-order chi connectivity index (χ1) is 13.7. The number of piperidine rings is 1. The fourth-order valence-electron chi connectivity index (χ4n) is 3.01. The number of halogens is 1. The number of carbonyl (C=O) groups is 1. The number of para-hydroxylation sites is 1. The molecule has 0 bridgehead atoms. The Labute approximate surface area is 176 Å². The van der Waals surface area contributed by atoms with Crippen LogP contribution < -0.4 is 10.2 Å². The molecule has 28 heavy (non-hydrogen) atoms. The molecule has 148 valence electrons. The van der Waals surface area contributed by atoms with Crippen LogP contribution in [0.4, 0.5) is 17.7 Å². The third-order valence-electron chi connectivity index (χ3n) is 4.32. The van der Waals surface area contributed by atoms with Gasteiger partial charge in [0.1, 0.15) is 5.82 Å². The van der Waals surface area contributed by atoms with Crippen LogP contribution in [-0.4, -0.2) is 56.2 Å². The van der Waals surface area contributed by atoms with Gasteiger partial charge < -0.3 is 15.0 Å². The van der Waals surface area contributed by atoms with E-state index in [1.165, 1.54) is 13.5 Å². The predicted molar refractivity (Wildman–Crippen MR) is 117 cm³/mol. The molecule has 9 nitrogen and oxygen atoms in total. The standard InChI is InChI=1S/C17H19N7O2.CH3I/c1-26-15(25)14-20-16(23-22-14)19-13-11-7-3-4-8-12(11)18-17(21-13)24-9-5-2-6-10-24;1-2/h3-4,7-8H,2,5-6,9-10H2,1H3,(H2,18,19,20,21,22,23);1H3. The van der Waals surface area contributed by atoms with Gasteiger partial charge in [-0.1, -0.05) is 34.7 Å². The van der Waals surface area contributed by atoms with E-state index in [-0.39, 0.29) is 11.8 Å². The highest BCUT2D eigenvalue weighted by Crippen LogP contribution is 2.26. The first-order valence-electron chi connectivity index (χ1n) is 8.92. The maximum Gasteiger partial charge on any atom is 0.375 e. The van der Waals surface area contributed by atoms with E-state index >= 15 is 0 Å². The first kappa shape index (κ1) is 20.2. The Balaban J connectivity index is 0.00000109. The number of benzene rings is 1. The van der Waals surface area contributed by atoms with Crippen LogP contribution in [0.1, 0.15) is 29.9 Å². The van der Waals surface area contributed by atoms with Gasteiger partial charge in [-0.05, 0) is 36.3 Å². The summed E-state index contributed by atoms with van der Waals surface area (Å²) < 4.78 is 4.64. The number of aromatic nitrogens is 5. The molecule has 10 heteroatoms. The van der Waals surface area contributed by atoms with E-state index in [2.05, 4.69) is 57.7 Å². The Morgan fingerprint density at radius 2 is 1.89 bits per heavy atom. The summed E-state index contributed by atoms with van der Waals surface area (Å²) in [6.45, 7) is 1.90. The molecule has 0 spiro atoms. The van der Waals surface area contributed by atoms with Crippen LogP contribution in [0.25, 0.3) is 10.9 Å². The van der Waals surface area contributed by atoms with Crippen LogP contribution in [0.2, 0.25) is 0 Å². The van der Waals surface area contributed by atoms with Crippen molar-refractivity contribution in [2.24, 2.45) is 0 Å². The molecular formula is C18H22IN7O2. The number of carbonyl (C=O) groups excluding carboxylic acids is 1. The molecule has 3 heterocycles. The number of hydrogen-bond donors (Lipinski definition) is 2. The number of nitrogens with one attached hydrogen (secondary N) is 2. The zero-order valence-corrected chi connectivity index (χ0v) is 17.9. The predicted octanol–water partition coefficient (Wildman–Crippen LogP) is 3.32. The lowest BCUT2D eigenvalue weighted by Crippen LogP contribution is -2.31. The second kappa shape index (κ2) is 9.62. The summed E-state index contributed by atoms with van der Waals surface area (Å²) in [6.07, 6.45) is 3.52. The van der Waals surface area contributed by atoms with E-state index in [1.807, 2.05) is 29.2 Å². The van der Waals surface area contributed by atoms with Crippen molar-refractivity contribution in [3.63, 3.8) is 0 Å². The van der Waals surface area contributed by atoms with Gasteiger partial charge in [0.05, 0.1) is 12.6 Å². The summed E-state index contributed by atoms with van der Waals surface area (Å²) in [6, 6.07) is 7.76. The Bertz CT molecular complexity index is 941. The van der Waals surface area contributed by atoms with E-state index in [4.69, 9.17) is 4.98 Å². The molecule has 1 aromatic carbocycles. The molecule has 1 saturated heterocycles. The molecule has 3 aromatic rings. The largest absolute Gasteiger partial charge is 0.463 e. The molecular weight excluding hydrogens is 473 g/mol. The number of anilines is 3. The quantitative estimate of drug-likeness (QED) is 0.323. The lowest BCUT2D eigenvalue weighted by molar-refractivity contribution is 0.0587. The maximum atomic E-state index is 11.5. The average molecular weight is 495 g/mol. The Morgan fingerprint density at radius 3 is 2.64 bits per heavy atom. The Kier molecular flexibility index (Phi) is 6.95. The van der Waals surface area contributed by atoms with Gasteiger partial charge in [0, 0.05) is 18.5 Å². The van der Waals surface area contributed by atoms with Crippen molar-refractivity contribution in [3.8, 4) is 0 Å². The maximum absolute atomic E-state index is 11.5. The summed E-state index contributed by atoms with van der Waals surface area (Å²) in [7, 11) is 1.29. The van der Waals surface area contributed by atoms with Gasteiger partial charge in [0.15, 0.2) is 0 Å². The summed E-state index contributed by atoms with van der Waals surface area (Å²) in [5.41, 5.74) is 0.842. The molecule has 1 aliphatic heterocycles. The first-order valence-corrected chi connectivity index (χ1v) is 11.1. The van der Waals surface area contributed by atoms with Gasteiger partial charge in [-0.3, -0.25) is 5.10 Å². The minimum Gasteiger partial charge on any atom is -0.463 e. The van der Waals surface area contributed by atoms with Gasteiger partial charge in [-0.15, -0.1) is 5.10 Å². The molecule has 1 aliphatic rings. The lowest BCUT2D eigenvalue weighted by atomic mass is 10.1. The van der Waals surface area contributed by atoms with Crippen LogP contribution in [0.5, 0.6) is 0 Å². The third kappa shape index (κ3) is 4.49. The van der Waals surface area contributed by atoms with Gasteiger partial charge in [0.2, 0.25) is 17.7 Å². The fraction of sp³-hybridized carbons (Fsp3) is 0.389. The van der Waals surface area contributed by atoms with Crippen LogP contribution in [0.3, 0.4) is 0 Å². The van der Waals surface area contributed by atoms with E-state index in [1.54, 1.807) is 0 Å². The summed E-state index contributed by atoms with van der Waals surface area (Å²) in [4.78, 5) is 29.2. The van der Waals surface area contributed by atoms with Gasteiger partial charge in [-0.25, -0.2) is 9.78 Å². The number of hydrogen-bond acceptors (Lipinski definition) is 8. The SMILES string of the molecule is CI.COC(=O)c1nc(Nc2nc(N3CCCCC3)nc3ccccc23)n[nH]1. The summed E-state index contributed by atoms with van der Waals surface area (Å²) in [5.74, 6) is 0.997. The zero-order chi connectivity index (χ0) is 19.9. The van der Waals surface area contributed by atoms with Crippen LogP contribution in [0.15, 0.2) is 24.3 Å². The van der Waals surface area contributed by atoms with E-state index in [0.717, 1.165) is 36.8 Å². The average Bonchev–Trinajstić information content (AvgIpc) is 3.23. The van der Waals surface area contributed by atoms with E-state index in [0.29, 0.717) is 11.8 Å². The van der Waals surface area contributed by atoms with Gasteiger partial charge in [-0.2, -0.15) is 9.97 Å². The van der Waals surface area contributed by atoms with Crippen molar-refractivity contribution in [1.82, 2.24) is 25.1 Å². The fourth-order valence-corrected chi connectivity index (χ4v) is 3.01.